The van der Waals surface area contributed by atoms with Gasteiger partial charge in [0.1, 0.15) is 48.8 Å². The Kier molecular flexibility index (Phi) is 24.0. The first-order chi connectivity index (χ1) is 25.1. The molecule has 2 heterocycles. The van der Waals surface area contributed by atoms with E-state index in [1.54, 1.807) is 12.2 Å². The van der Waals surface area contributed by atoms with E-state index < -0.39 is 86.8 Å². The van der Waals surface area contributed by atoms with Gasteiger partial charge in [0.15, 0.2) is 12.6 Å². The van der Waals surface area contributed by atoms with Crippen LogP contribution in [-0.2, 0) is 23.7 Å². The summed E-state index contributed by atoms with van der Waals surface area (Å²) in [5.41, 5.74) is 0. The molecule has 0 saturated carbocycles. The second-order valence-electron chi connectivity index (χ2n) is 13.7. The van der Waals surface area contributed by atoms with Crippen molar-refractivity contribution in [3.05, 3.63) is 36.5 Å². The number of amides is 1. The number of rotatable bonds is 26. The van der Waals surface area contributed by atoms with Gasteiger partial charge in [0, 0.05) is 6.42 Å². The zero-order valence-corrected chi connectivity index (χ0v) is 31.0. The van der Waals surface area contributed by atoms with Crippen LogP contribution in [0.5, 0.6) is 0 Å². The molecule has 2 rings (SSSR count). The van der Waals surface area contributed by atoms with E-state index >= 15 is 0 Å². The summed E-state index contributed by atoms with van der Waals surface area (Å²) in [7, 11) is 0. The minimum absolute atomic E-state index is 0.261. The third kappa shape index (κ3) is 16.3. The maximum atomic E-state index is 12.9. The maximum Gasteiger partial charge on any atom is 0.220 e. The van der Waals surface area contributed by atoms with E-state index in [9.17, 15) is 45.6 Å². The van der Waals surface area contributed by atoms with Gasteiger partial charge in [-0.15, -0.1) is 0 Å². The summed E-state index contributed by atoms with van der Waals surface area (Å²) >= 11 is 0. The lowest BCUT2D eigenvalue weighted by molar-refractivity contribution is -0.359. The number of carbonyl (C=O) groups excluding carboxylic acids is 1. The molecule has 0 aromatic rings. The van der Waals surface area contributed by atoms with Crippen LogP contribution in [0.4, 0.5) is 0 Å². The van der Waals surface area contributed by atoms with E-state index in [0.717, 1.165) is 57.8 Å². The number of hydrogen-bond donors (Lipinski definition) is 9. The molecular formula is C38H67NO13. The highest BCUT2D eigenvalue weighted by atomic mass is 16.7. The Morgan fingerprint density at radius 1 is 0.692 bits per heavy atom. The smallest absolute Gasteiger partial charge is 0.220 e. The molecule has 0 aromatic heterocycles. The van der Waals surface area contributed by atoms with E-state index in [1.165, 1.54) is 19.3 Å². The highest BCUT2D eigenvalue weighted by molar-refractivity contribution is 5.76. The Balaban J connectivity index is 1.84. The third-order valence-corrected chi connectivity index (χ3v) is 9.30. The SMILES string of the molecule is CCC/C=C/C(O)C(COC1OC(CO)C(OC2OC(CO)C(O)C(O)C2O)C(O)C1O)NC(=O)CCCCCCC/C=C\C/C=C\CCCCC. The number of unbranched alkanes of at least 4 members (excludes halogenated alkanes) is 9. The molecule has 302 valence electrons. The summed E-state index contributed by atoms with van der Waals surface area (Å²) in [5.74, 6) is -0.270. The summed E-state index contributed by atoms with van der Waals surface area (Å²) in [6.45, 7) is 2.46. The fourth-order valence-corrected chi connectivity index (χ4v) is 6.03. The number of nitrogens with one attached hydrogen (secondary N) is 1. The normalized spacial score (nSPS) is 31.1. The van der Waals surface area contributed by atoms with Crippen LogP contribution >= 0.6 is 0 Å². The van der Waals surface area contributed by atoms with Crippen molar-refractivity contribution in [2.24, 2.45) is 0 Å². The monoisotopic (exact) mass is 745 g/mol. The molecule has 2 aliphatic heterocycles. The van der Waals surface area contributed by atoms with Crippen molar-refractivity contribution in [2.75, 3.05) is 19.8 Å². The van der Waals surface area contributed by atoms with Gasteiger partial charge in [-0.2, -0.15) is 0 Å². The first kappa shape index (κ1) is 46.4. The van der Waals surface area contributed by atoms with Gasteiger partial charge in [0.05, 0.1) is 32.0 Å². The first-order valence-corrected chi connectivity index (χ1v) is 19.2. The first-order valence-electron chi connectivity index (χ1n) is 19.2. The van der Waals surface area contributed by atoms with Crippen LogP contribution in [0.25, 0.3) is 0 Å². The van der Waals surface area contributed by atoms with E-state index in [1.807, 2.05) is 6.92 Å². The topological polar surface area (TPSA) is 228 Å². The molecule has 12 atom stereocenters. The van der Waals surface area contributed by atoms with Crippen molar-refractivity contribution in [1.82, 2.24) is 5.32 Å². The summed E-state index contributed by atoms with van der Waals surface area (Å²) in [5, 5.41) is 85.4. The van der Waals surface area contributed by atoms with E-state index in [-0.39, 0.29) is 18.9 Å². The number of aliphatic hydroxyl groups excluding tert-OH is 8. The highest BCUT2D eigenvalue weighted by Crippen LogP contribution is 2.29. The molecule has 0 bridgehead atoms. The summed E-state index contributed by atoms with van der Waals surface area (Å²) in [6.07, 6.45) is 8.82. The predicted molar refractivity (Wildman–Crippen MR) is 194 cm³/mol. The van der Waals surface area contributed by atoms with Gasteiger partial charge in [-0.1, -0.05) is 88.8 Å². The minimum Gasteiger partial charge on any atom is -0.394 e. The van der Waals surface area contributed by atoms with E-state index in [4.69, 9.17) is 18.9 Å². The molecule has 14 nitrogen and oxygen atoms in total. The third-order valence-electron chi connectivity index (χ3n) is 9.30. The molecule has 2 aliphatic rings. The van der Waals surface area contributed by atoms with E-state index in [2.05, 4.69) is 36.5 Å². The Morgan fingerprint density at radius 3 is 1.96 bits per heavy atom. The van der Waals surface area contributed by atoms with Crippen molar-refractivity contribution in [2.45, 2.75) is 177 Å². The van der Waals surface area contributed by atoms with Crippen molar-refractivity contribution in [3.8, 4) is 0 Å². The molecule has 14 heteroatoms. The number of hydrogen-bond acceptors (Lipinski definition) is 13. The fraction of sp³-hybridized carbons (Fsp3) is 0.816. The van der Waals surface area contributed by atoms with Crippen LogP contribution < -0.4 is 5.32 Å². The van der Waals surface area contributed by atoms with Gasteiger partial charge in [-0.25, -0.2) is 0 Å². The molecule has 1 amide bonds. The van der Waals surface area contributed by atoms with Gasteiger partial charge in [-0.05, 0) is 44.9 Å². The number of allylic oxidation sites excluding steroid dienone is 5. The molecule has 12 unspecified atom stereocenters. The van der Waals surface area contributed by atoms with Crippen LogP contribution in [0.15, 0.2) is 36.5 Å². The van der Waals surface area contributed by atoms with Gasteiger partial charge in [0.25, 0.3) is 0 Å². The van der Waals surface area contributed by atoms with Crippen LogP contribution in [0.1, 0.15) is 104 Å². The highest BCUT2D eigenvalue weighted by Gasteiger charge is 2.50. The summed E-state index contributed by atoms with van der Waals surface area (Å²) in [4.78, 5) is 12.9. The van der Waals surface area contributed by atoms with Gasteiger partial charge in [0.2, 0.25) is 5.91 Å². The fourth-order valence-electron chi connectivity index (χ4n) is 6.03. The number of carbonyl (C=O) groups is 1. The lowest BCUT2D eigenvalue weighted by Gasteiger charge is -2.46. The van der Waals surface area contributed by atoms with Gasteiger partial charge >= 0.3 is 0 Å². The molecule has 9 N–H and O–H groups in total. The average Bonchev–Trinajstić information content (AvgIpc) is 3.14. The summed E-state index contributed by atoms with van der Waals surface area (Å²) in [6, 6.07) is -0.915. The summed E-state index contributed by atoms with van der Waals surface area (Å²) < 4.78 is 22.3. The standard InChI is InChI=1S/C38H67NO13/c1-3-5-7-8-9-10-11-12-13-14-15-16-17-18-20-22-30(43)39-26(27(42)21-19-6-4-2)25-49-37-35(48)33(46)36(29(24-41)51-37)52-38-34(47)32(45)31(44)28(23-40)50-38/h9-10,12-13,19,21,26-29,31-38,40-42,44-48H,3-8,11,14-18,20,22-25H2,1-2H3,(H,39,43)/b10-9-,13-12-,21-19+. The quantitative estimate of drug-likeness (QED) is 0.0454. The number of ether oxygens (including phenoxy) is 4. The van der Waals surface area contributed by atoms with Gasteiger partial charge in [-0.3, -0.25) is 4.79 Å². The Hall–Kier alpha value is -1.79. The van der Waals surface area contributed by atoms with Crippen molar-refractivity contribution >= 4 is 5.91 Å². The molecule has 52 heavy (non-hydrogen) atoms. The Labute approximate surface area is 309 Å². The molecular weight excluding hydrogens is 678 g/mol. The van der Waals surface area contributed by atoms with Crippen molar-refractivity contribution < 1.29 is 64.6 Å². The lowest BCUT2D eigenvalue weighted by Crippen LogP contribution is -2.65. The minimum atomic E-state index is -1.79. The molecule has 0 aromatic carbocycles. The molecule has 2 fully saturated rings. The largest absolute Gasteiger partial charge is 0.394 e. The van der Waals surface area contributed by atoms with Crippen molar-refractivity contribution in [1.29, 1.82) is 0 Å². The molecule has 2 saturated heterocycles. The van der Waals surface area contributed by atoms with Gasteiger partial charge < -0.3 is 65.1 Å². The zero-order chi connectivity index (χ0) is 38.3. The van der Waals surface area contributed by atoms with Crippen LogP contribution in [-0.4, -0.2) is 140 Å². The average molecular weight is 746 g/mol. The molecule has 0 radical (unpaired) electrons. The molecule has 0 aliphatic carbocycles. The second-order valence-corrected chi connectivity index (χ2v) is 13.7. The van der Waals surface area contributed by atoms with Crippen LogP contribution in [0.2, 0.25) is 0 Å². The van der Waals surface area contributed by atoms with Crippen molar-refractivity contribution in [3.63, 3.8) is 0 Å². The zero-order valence-electron chi connectivity index (χ0n) is 31.0. The molecule has 0 spiro atoms. The maximum absolute atomic E-state index is 12.9. The Bertz CT molecular complexity index is 1020. The predicted octanol–water partition coefficient (Wildman–Crippen LogP) is 1.64. The number of aliphatic hydroxyl groups is 8. The second kappa shape index (κ2) is 26.9. The van der Waals surface area contributed by atoms with Crippen LogP contribution in [0, 0.1) is 0 Å². The Morgan fingerprint density at radius 2 is 1.31 bits per heavy atom. The van der Waals surface area contributed by atoms with Crippen LogP contribution in [0.3, 0.4) is 0 Å². The van der Waals surface area contributed by atoms with E-state index in [0.29, 0.717) is 6.42 Å². The lowest BCUT2D eigenvalue weighted by atomic mass is 9.97.